The number of carbonyl (C=O) groups excluding carboxylic acids is 2. The largest absolute Gasteiger partial charge is 0.480 e. The first-order valence-corrected chi connectivity index (χ1v) is 4.78. The van der Waals surface area contributed by atoms with E-state index in [0.29, 0.717) is 13.0 Å². The summed E-state index contributed by atoms with van der Waals surface area (Å²) in [5.41, 5.74) is 0. The highest BCUT2D eigenvalue weighted by molar-refractivity contribution is 6.35. The highest BCUT2D eigenvalue weighted by Crippen LogP contribution is 2.10. The van der Waals surface area contributed by atoms with E-state index < -0.39 is 23.8 Å². The Morgan fingerprint density at radius 2 is 2.00 bits per heavy atom. The van der Waals surface area contributed by atoms with E-state index in [-0.39, 0.29) is 6.54 Å². The Kier molecular flexibility index (Phi) is 3.28. The molecule has 0 bridgehead atoms. The number of hydrogen-bond acceptors (Lipinski definition) is 3. The van der Waals surface area contributed by atoms with E-state index in [9.17, 15) is 14.4 Å². The lowest BCUT2D eigenvalue weighted by molar-refractivity contribution is -0.161. The summed E-state index contributed by atoms with van der Waals surface area (Å²) in [4.78, 5) is 36.1. The molecule has 1 saturated heterocycles. The van der Waals surface area contributed by atoms with Crippen molar-refractivity contribution in [1.82, 2.24) is 9.80 Å². The highest BCUT2D eigenvalue weighted by Gasteiger charge is 2.36. The Morgan fingerprint density at radius 3 is 2.47 bits per heavy atom. The van der Waals surface area contributed by atoms with E-state index in [4.69, 9.17) is 5.11 Å². The Labute approximate surface area is 87.5 Å². The second-order valence-corrected chi connectivity index (χ2v) is 3.49. The topological polar surface area (TPSA) is 77.9 Å². The van der Waals surface area contributed by atoms with Crippen LogP contribution in [-0.4, -0.2) is 58.9 Å². The minimum atomic E-state index is -1.07. The number of carbonyl (C=O) groups is 3. The minimum absolute atomic E-state index is 0.284. The van der Waals surface area contributed by atoms with E-state index >= 15 is 0 Å². The lowest BCUT2D eigenvalue weighted by Crippen LogP contribution is -2.57. The van der Waals surface area contributed by atoms with Crippen LogP contribution in [0.3, 0.4) is 0 Å². The van der Waals surface area contributed by atoms with Gasteiger partial charge in [-0.2, -0.15) is 0 Å². The zero-order chi connectivity index (χ0) is 11.6. The van der Waals surface area contributed by atoms with Gasteiger partial charge in [0.05, 0.1) is 0 Å². The first-order valence-electron chi connectivity index (χ1n) is 4.78. The number of rotatable bonds is 3. The third-order valence-electron chi connectivity index (χ3n) is 2.51. The predicted octanol–water partition coefficient (Wildman–Crippen LogP) is -0.850. The second-order valence-electron chi connectivity index (χ2n) is 3.49. The molecule has 0 radical (unpaired) electrons. The first kappa shape index (κ1) is 11.5. The summed E-state index contributed by atoms with van der Waals surface area (Å²) in [6.45, 7) is 2.34. The van der Waals surface area contributed by atoms with Crippen molar-refractivity contribution in [2.75, 3.05) is 20.1 Å². The van der Waals surface area contributed by atoms with Crippen LogP contribution in [-0.2, 0) is 14.4 Å². The van der Waals surface area contributed by atoms with Gasteiger partial charge in [0.1, 0.15) is 6.04 Å². The summed E-state index contributed by atoms with van der Waals surface area (Å²) in [6.07, 6.45) is 0.304. The van der Waals surface area contributed by atoms with Crippen LogP contribution in [0.15, 0.2) is 0 Å². The molecule has 15 heavy (non-hydrogen) atoms. The first-order chi connectivity index (χ1) is 6.99. The summed E-state index contributed by atoms with van der Waals surface area (Å²) in [5.74, 6) is -2.43. The van der Waals surface area contributed by atoms with Gasteiger partial charge in [0, 0.05) is 20.1 Å². The molecule has 0 aromatic rings. The molecule has 0 saturated carbocycles. The molecule has 1 aliphatic heterocycles. The second kappa shape index (κ2) is 4.29. The Morgan fingerprint density at radius 1 is 1.40 bits per heavy atom. The molecule has 0 spiro atoms. The molecule has 0 aliphatic carbocycles. The number of carboxylic acid groups (broad SMARTS) is 1. The fourth-order valence-corrected chi connectivity index (χ4v) is 1.57. The van der Waals surface area contributed by atoms with Crippen LogP contribution in [0.1, 0.15) is 13.3 Å². The van der Waals surface area contributed by atoms with Crippen LogP contribution in [0.5, 0.6) is 0 Å². The Bertz CT molecular complexity index is 302. The van der Waals surface area contributed by atoms with Crippen LogP contribution in [0.25, 0.3) is 0 Å². The van der Waals surface area contributed by atoms with Gasteiger partial charge in [-0.15, -0.1) is 0 Å². The smallest absolute Gasteiger partial charge is 0.326 e. The summed E-state index contributed by atoms with van der Waals surface area (Å²) in [5, 5.41) is 8.88. The number of likely N-dealkylation sites (N-methyl/N-ethyl adjacent to an activating group) is 1. The number of nitrogens with zero attached hydrogens (tertiary/aromatic N) is 2. The van der Waals surface area contributed by atoms with Gasteiger partial charge in [-0.25, -0.2) is 4.79 Å². The minimum Gasteiger partial charge on any atom is -0.480 e. The maximum absolute atomic E-state index is 11.5. The Balaban J connectivity index is 2.83. The molecule has 1 atom stereocenters. The molecule has 6 nitrogen and oxygen atoms in total. The molecule has 0 unspecified atom stereocenters. The van der Waals surface area contributed by atoms with E-state index in [1.54, 1.807) is 6.92 Å². The quantitative estimate of drug-likeness (QED) is 0.621. The number of aliphatic carboxylic acids is 1. The third-order valence-corrected chi connectivity index (χ3v) is 2.51. The van der Waals surface area contributed by atoms with Gasteiger partial charge in [-0.05, 0) is 6.42 Å². The van der Waals surface area contributed by atoms with Crippen molar-refractivity contribution in [3.05, 3.63) is 0 Å². The molecule has 6 heteroatoms. The number of carboxylic acids is 1. The van der Waals surface area contributed by atoms with Gasteiger partial charge in [0.25, 0.3) is 0 Å². The fraction of sp³-hybridized carbons (Fsp3) is 0.667. The molecule has 1 rings (SSSR count). The molecule has 0 aromatic carbocycles. The van der Waals surface area contributed by atoms with E-state index in [1.165, 1.54) is 11.9 Å². The van der Waals surface area contributed by atoms with Crippen molar-refractivity contribution in [3.8, 4) is 0 Å². The summed E-state index contributed by atoms with van der Waals surface area (Å²) < 4.78 is 0. The molecule has 1 fully saturated rings. The molecule has 1 aliphatic rings. The van der Waals surface area contributed by atoms with Crippen LogP contribution in [0.4, 0.5) is 0 Å². The van der Waals surface area contributed by atoms with E-state index in [1.807, 2.05) is 0 Å². The van der Waals surface area contributed by atoms with Crippen LogP contribution >= 0.6 is 0 Å². The SMILES string of the molecule is CC[C@@H](C(=O)O)N1CCN(C)C(=O)C1=O. The van der Waals surface area contributed by atoms with Gasteiger partial charge in [-0.1, -0.05) is 6.92 Å². The zero-order valence-electron chi connectivity index (χ0n) is 8.77. The van der Waals surface area contributed by atoms with E-state index in [0.717, 1.165) is 4.90 Å². The van der Waals surface area contributed by atoms with E-state index in [2.05, 4.69) is 0 Å². The number of hydrogen-bond donors (Lipinski definition) is 1. The fourth-order valence-electron chi connectivity index (χ4n) is 1.57. The van der Waals surface area contributed by atoms with Gasteiger partial charge in [-0.3, -0.25) is 9.59 Å². The molecule has 84 valence electrons. The molecule has 1 N–H and O–H groups in total. The molecular formula is C9H14N2O4. The molecule has 2 amide bonds. The van der Waals surface area contributed by atoms with Crippen molar-refractivity contribution >= 4 is 17.8 Å². The highest BCUT2D eigenvalue weighted by atomic mass is 16.4. The van der Waals surface area contributed by atoms with Crippen LogP contribution < -0.4 is 0 Å². The normalized spacial score (nSPS) is 19.3. The molecular weight excluding hydrogens is 200 g/mol. The van der Waals surface area contributed by atoms with Gasteiger partial charge in [0.2, 0.25) is 0 Å². The Hall–Kier alpha value is -1.59. The van der Waals surface area contributed by atoms with Gasteiger partial charge < -0.3 is 14.9 Å². The van der Waals surface area contributed by atoms with Crippen molar-refractivity contribution in [2.45, 2.75) is 19.4 Å². The standard InChI is InChI=1S/C9H14N2O4/c1-3-6(9(14)15)11-5-4-10(2)7(12)8(11)13/h6H,3-5H2,1-2H3,(H,14,15)/t6-/m0/s1. The predicted molar refractivity (Wildman–Crippen MR) is 51.1 cm³/mol. The van der Waals surface area contributed by atoms with Crippen molar-refractivity contribution in [2.24, 2.45) is 0 Å². The maximum Gasteiger partial charge on any atom is 0.326 e. The van der Waals surface area contributed by atoms with Crippen LogP contribution in [0, 0.1) is 0 Å². The lowest BCUT2D eigenvalue weighted by atomic mass is 10.1. The van der Waals surface area contributed by atoms with Crippen LogP contribution in [0.2, 0.25) is 0 Å². The average Bonchev–Trinajstić information content (AvgIpc) is 2.18. The average molecular weight is 214 g/mol. The zero-order valence-corrected chi connectivity index (χ0v) is 8.77. The van der Waals surface area contributed by atoms with Gasteiger partial charge in [0.15, 0.2) is 0 Å². The number of piperazine rings is 1. The molecule has 1 heterocycles. The third kappa shape index (κ3) is 2.08. The lowest BCUT2D eigenvalue weighted by Gasteiger charge is -2.34. The van der Waals surface area contributed by atoms with Gasteiger partial charge >= 0.3 is 17.8 Å². The summed E-state index contributed by atoms with van der Waals surface area (Å²) in [6, 6.07) is -0.893. The summed E-state index contributed by atoms with van der Waals surface area (Å²) in [7, 11) is 1.53. The van der Waals surface area contributed by atoms with Crippen molar-refractivity contribution < 1.29 is 19.5 Å². The molecule has 0 aromatic heterocycles. The van der Waals surface area contributed by atoms with Crippen molar-refractivity contribution in [1.29, 1.82) is 0 Å². The maximum atomic E-state index is 11.5. The number of amides is 2. The monoisotopic (exact) mass is 214 g/mol. The summed E-state index contributed by atoms with van der Waals surface area (Å²) >= 11 is 0. The van der Waals surface area contributed by atoms with Crippen molar-refractivity contribution in [3.63, 3.8) is 0 Å².